The Morgan fingerprint density at radius 1 is 0.923 bits per heavy atom. The van der Waals surface area contributed by atoms with Crippen LogP contribution in [-0.4, -0.2) is 51.9 Å². The summed E-state index contributed by atoms with van der Waals surface area (Å²) in [5.74, 6) is 2.36. The number of carbonyl (C=O) groups excluding carboxylic acids is 1. The molecule has 26 heavy (non-hydrogen) atoms. The molecular weight excluding hydrogens is 332 g/mol. The van der Waals surface area contributed by atoms with Gasteiger partial charge in [0.05, 0.1) is 20.8 Å². The van der Waals surface area contributed by atoms with Crippen LogP contribution in [0, 0.1) is 0 Å². The van der Waals surface area contributed by atoms with Crippen LogP contribution < -0.4 is 19.5 Å². The second-order valence-electron chi connectivity index (χ2n) is 5.78. The lowest BCUT2D eigenvalue weighted by molar-refractivity contribution is 0.195. The summed E-state index contributed by atoms with van der Waals surface area (Å²) in [5, 5.41) is 2.91. The van der Waals surface area contributed by atoms with Crippen LogP contribution >= 0.6 is 0 Å². The van der Waals surface area contributed by atoms with Crippen molar-refractivity contribution >= 4 is 6.03 Å². The number of hydrogen-bond donors (Lipinski definition) is 1. The van der Waals surface area contributed by atoms with Crippen LogP contribution in [0.25, 0.3) is 0 Å². The molecule has 0 aromatic heterocycles. The van der Waals surface area contributed by atoms with E-state index in [0.717, 1.165) is 29.2 Å². The number of urea groups is 1. The molecule has 0 saturated carbocycles. The van der Waals surface area contributed by atoms with Crippen LogP contribution in [0.3, 0.4) is 0 Å². The number of carbonyl (C=O) groups is 1. The first-order valence-corrected chi connectivity index (χ1v) is 8.51. The topological polar surface area (TPSA) is 60.0 Å². The largest absolute Gasteiger partial charge is 0.497 e. The summed E-state index contributed by atoms with van der Waals surface area (Å²) in [4.78, 5) is 13.7. The molecule has 2 aromatic rings. The van der Waals surface area contributed by atoms with Gasteiger partial charge in [-0.2, -0.15) is 0 Å². The van der Waals surface area contributed by atoms with Crippen molar-refractivity contribution in [1.29, 1.82) is 0 Å². The van der Waals surface area contributed by atoms with E-state index in [2.05, 4.69) is 5.32 Å². The summed E-state index contributed by atoms with van der Waals surface area (Å²) < 4.78 is 15.9. The van der Waals surface area contributed by atoms with Gasteiger partial charge < -0.3 is 24.4 Å². The van der Waals surface area contributed by atoms with Crippen LogP contribution in [-0.2, 0) is 6.42 Å². The number of nitrogens with one attached hydrogen (secondary N) is 1. The molecule has 0 saturated heterocycles. The van der Waals surface area contributed by atoms with Crippen LogP contribution in [0.4, 0.5) is 4.79 Å². The number of likely N-dealkylation sites (N-methyl/N-ethyl adjacent to an activating group) is 1. The molecule has 0 bridgehead atoms. The Labute approximate surface area is 154 Å². The zero-order valence-corrected chi connectivity index (χ0v) is 15.5. The molecule has 0 aliphatic rings. The van der Waals surface area contributed by atoms with Gasteiger partial charge in [0.25, 0.3) is 0 Å². The van der Waals surface area contributed by atoms with E-state index in [1.807, 2.05) is 48.5 Å². The van der Waals surface area contributed by atoms with Crippen molar-refractivity contribution < 1.29 is 19.0 Å². The average molecular weight is 358 g/mol. The summed E-state index contributed by atoms with van der Waals surface area (Å²) in [6.45, 7) is 1.50. The van der Waals surface area contributed by atoms with Gasteiger partial charge in [-0.15, -0.1) is 0 Å². The van der Waals surface area contributed by atoms with Crippen LogP contribution in [0.15, 0.2) is 48.5 Å². The fourth-order valence-corrected chi connectivity index (χ4v) is 2.31. The molecule has 0 aliphatic heterocycles. The first-order chi connectivity index (χ1) is 12.6. The molecule has 6 nitrogen and oxygen atoms in total. The number of hydrogen-bond acceptors (Lipinski definition) is 4. The van der Waals surface area contributed by atoms with Crippen LogP contribution in [0.1, 0.15) is 5.56 Å². The third-order valence-corrected chi connectivity index (χ3v) is 3.95. The standard InChI is InChI=1S/C20H26N2O4/c1-22(14-15-26-19-10-8-18(25-3)9-11-19)20(23)21-13-12-16-4-6-17(24-2)7-5-16/h4-11H,12-15H2,1-3H3,(H,21,23). The molecular formula is C20H26N2O4. The summed E-state index contributed by atoms with van der Waals surface area (Å²) in [7, 11) is 5.02. The van der Waals surface area contributed by atoms with E-state index < -0.39 is 0 Å². The van der Waals surface area contributed by atoms with Crippen LogP contribution in [0.5, 0.6) is 17.2 Å². The number of rotatable bonds is 9. The lowest BCUT2D eigenvalue weighted by atomic mass is 10.1. The van der Waals surface area contributed by atoms with E-state index in [0.29, 0.717) is 19.7 Å². The summed E-state index contributed by atoms with van der Waals surface area (Å²) >= 11 is 0. The molecule has 6 heteroatoms. The van der Waals surface area contributed by atoms with Gasteiger partial charge in [-0.1, -0.05) is 12.1 Å². The predicted molar refractivity (Wildman–Crippen MR) is 101 cm³/mol. The normalized spacial score (nSPS) is 10.1. The van der Waals surface area contributed by atoms with Crippen LogP contribution in [0.2, 0.25) is 0 Å². The summed E-state index contributed by atoms with van der Waals surface area (Å²) in [6.07, 6.45) is 0.770. The Kier molecular flexibility index (Phi) is 7.61. The van der Waals surface area contributed by atoms with Crippen molar-refractivity contribution in [3.05, 3.63) is 54.1 Å². The fraction of sp³-hybridized carbons (Fsp3) is 0.350. The van der Waals surface area contributed by atoms with E-state index in [1.54, 1.807) is 26.2 Å². The zero-order chi connectivity index (χ0) is 18.8. The quantitative estimate of drug-likeness (QED) is 0.749. The third kappa shape index (κ3) is 6.20. The zero-order valence-electron chi connectivity index (χ0n) is 15.5. The molecule has 0 spiro atoms. The van der Waals surface area contributed by atoms with Crippen molar-refractivity contribution in [1.82, 2.24) is 10.2 Å². The molecule has 0 radical (unpaired) electrons. The monoisotopic (exact) mass is 358 g/mol. The highest BCUT2D eigenvalue weighted by Gasteiger charge is 2.08. The maximum atomic E-state index is 12.1. The molecule has 2 amide bonds. The van der Waals surface area contributed by atoms with E-state index in [9.17, 15) is 4.79 Å². The first-order valence-electron chi connectivity index (χ1n) is 8.51. The highest BCUT2D eigenvalue weighted by atomic mass is 16.5. The Bertz CT molecular complexity index is 671. The lowest BCUT2D eigenvalue weighted by Gasteiger charge is -2.18. The van der Waals surface area contributed by atoms with Crippen molar-refractivity contribution in [3.63, 3.8) is 0 Å². The van der Waals surface area contributed by atoms with Crippen molar-refractivity contribution in [2.75, 3.05) is 41.0 Å². The minimum absolute atomic E-state index is 0.114. The molecule has 140 valence electrons. The highest BCUT2D eigenvalue weighted by molar-refractivity contribution is 5.73. The number of ether oxygens (including phenoxy) is 3. The van der Waals surface area contributed by atoms with Gasteiger partial charge in [0.1, 0.15) is 23.9 Å². The van der Waals surface area contributed by atoms with Crippen molar-refractivity contribution in [2.45, 2.75) is 6.42 Å². The smallest absolute Gasteiger partial charge is 0.317 e. The van der Waals surface area contributed by atoms with Gasteiger partial charge in [0.15, 0.2) is 0 Å². The molecule has 2 aromatic carbocycles. The average Bonchev–Trinajstić information content (AvgIpc) is 2.68. The lowest BCUT2D eigenvalue weighted by Crippen LogP contribution is -2.40. The first kappa shape index (κ1) is 19.4. The number of nitrogens with zero attached hydrogens (tertiary/aromatic N) is 1. The maximum Gasteiger partial charge on any atom is 0.317 e. The molecule has 1 N–H and O–H groups in total. The van der Waals surface area contributed by atoms with Crippen molar-refractivity contribution in [2.24, 2.45) is 0 Å². The van der Waals surface area contributed by atoms with Crippen molar-refractivity contribution in [3.8, 4) is 17.2 Å². The second kappa shape index (κ2) is 10.2. The van der Waals surface area contributed by atoms with Gasteiger partial charge in [0, 0.05) is 13.6 Å². The Morgan fingerprint density at radius 3 is 2.04 bits per heavy atom. The van der Waals surface area contributed by atoms with Gasteiger partial charge in [-0.25, -0.2) is 4.79 Å². The van der Waals surface area contributed by atoms with E-state index in [1.165, 1.54) is 0 Å². The summed E-state index contributed by atoms with van der Waals surface area (Å²) in [6, 6.07) is 15.1. The molecule has 0 aliphatic carbocycles. The highest BCUT2D eigenvalue weighted by Crippen LogP contribution is 2.16. The minimum atomic E-state index is -0.114. The third-order valence-electron chi connectivity index (χ3n) is 3.95. The second-order valence-corrected chi connectivity index (χ2v) is 5.78. The Morgan fingerprint density at radius 2 is 1.46 bits per heavy atom. The minimum Gasteiger partial charge on any atom is -0.497 e. The Balaban J connectivity index is 1.64. The Hall–Kier alpha value is -2.89. The van der Waals surface area contributed by atoms with Gasteiger partial charge in [0.2, 0.25) is 0 Å². The number of methoxy groups -OCH3 is 2. The molecule has 0 atom stereocenters. The van der Waals surface area contributed by atoms with Gasteiger partial charge in [-0.05, 0) is 48.4 Å². The predicted octanol–water partition coefficient (Wildman–Crippen LogP) is 2.97. The molecule has 2 rings (SSSR count). The molecule has 0 heterocycles. The number of amides is 2. The fourth-order valence-electron chi connectivity index (χ4n) is 2.31. The van der Waals surface area contributed by atoms with E-state index in [-0.39, 0.29) is 6.03 Å². The maximum absolute atomic E-state index is 12.1. The van der Waals surface area contributed by atoms with Gasteiger partial charge in [-0.3, -0.25) is 0 Å². The summed E-state index contributed by atoms with van der Waals surface area (Å²) in [5.41, 5.74) is 1.15. The molecule has 0 fully saturated rings. The van der Waals surface area contributed by atoms with E-state index >= 15 is 0 Å². The number of benzene rings is 2. The SMILES string of the molecule is COc1ccc(CCNC(=O)N(C)CCOc2ccc(OC)cc2)cc1. The molecule has 0 unspecified atom stereocenters. The van der Waals surface area contributed by atoms with Gasteiger partial charge >= 0.3 is 6.03 Å². The van der Waals surface area contributed by atoms with E-state index in [4.69, 9.17) is 14.2 Å².